The van der Waals surface area contributed by atoms with Crippen molar-refractivity contribution in [3.8, 4) is 17.6 Å². The third-order valence-electron chi connectivity index (χ3n) is 5.99. The van der Waals surface area contributed by atoms with Gasteiger partial charge in [0.1, 0.15) is 11.5 Å². The first kappa shape index (κ1) is 25.4. The minimum atomic E-state index is -0.529. The maximum atomic E-state index is 13.0. The van der Waals surface area contributed by atoms with E-state index in [0.29, 0.717) is 47.2 Å². The number of nitrogens with one attached hydrogen (secondary N) is 2. The first-order valence-electron chi connectivity index (χ1n) is 12.1. The summed E-state index contributed by atoms with van der Waals surface area (Å²) in [6.45, 7) is 4.87. The van der Waals surface area contributed by atoms with Crippen molar-refractivity contribution >= 4 is 29.1 Å². The van der Waals surface area contributed by atoms with E-state index >= 15 is 0 Å². The van der Waals surface area contributed by atoms with Crippen LogP contribution in [-0.4, -0.2) is 30.7 Å². The lowest BCUT2D eigenvalue weighted by molar-refractivity contribution is -0.116. The van der Waals surface area contributed by atoms with Crippen LogP contribution in [0.5, 0.6) is 11.5 Å². The zero-order chi connectivity index (χ0) is 25.5. The molecule has 2 aromatic rings. The molecule has 36 heavy (non-hydrogen) atoms. The van der Waals surface area contributed by atoms with E-state index in [9.17, 15) is 14.9 Å². The van der Waals surface area contributed by atoms with Gasteiger partial charge in [0.15, 0.2) is 5.78 Å². The fourth-order valence-electron chi connectivity index (χ4n) is 4.49. The van der Waals surface area contributed by atoms with Crippen LogP contribution in [-0.2, 0) is 9.59 Å². The molecular weight excluding hydrogens is 474 g/mol. The lowest BCUT2D eigenvalue weighted by Gasteiger charge is -2.33. The highest BCUT2D eigenvalue weighted by Gasteiger charge is 2.38. The van der Waals surface area contributed by atoms with E-state index in [1.165, 1.54) is 11.8 Å². The maximum Gasteiger partial charge on any atom is 0.234 e. The van der Waals surface area contributed by atoms with E-state index in [2.05, 4.69) is 16.7 Å². The number of carbonyl (C=O) groups excluding carboxylic acids is 2. The third-order valence-corrected chi connectivity index (χ3v) is 7.01. The van der Waals surface area contributed by atoms with Crippen LogP contribution in [0.2, 0.25) is 0 Å². The first-order valence-corrected chi connectivity index (χ1v) is 13.1. The van der Waals surface area contributed by atoms with Crippen molar-refractivity contribution < 1.29 is 19.1 Å². The van der Waals surface area contributed by atoms with Gasteiger partial charge in [-0.25, -0.2) is 0 Å². The smallest absolute Gasteiger partial charge is 0.234 e. The van der Waals surface area contributed by atoms with Gasteiger partial charge < -0.3 is 20.1 Å². The lowest BCUT2D eigenvalue weighted by Crippen LogP contribution is -2.32. The van der Waals surface area contributed by atoms with Crippen molar-refractivity contribution in [3.63, 3.8) is 0 Å². The summed E-state index contributed by atoms with van der Waals surface area (Å²) in [6.07, 6.45) is 1.93. The SMILES string of the molecule is CCOc1ccc(NC(=O)CSC2=C(C#N)[C@@H](c3ccccc3OCC)C3=C(CCCC3=O)N2)cc1. The van der Waals surface area contributed by atoms with Gasteiger partial charge in [0.25, 0.3) is 0 Å². The fourth-order valence-corrected chi connectivity index (χ4v) is 5.35. The molecule has 186 valence electrons. The molecule has 2 N–H and O–H groups in total. The van der Waals surface area contributed by atoms with E-state index < -0.39 is 5.92 Å². The molecule has 1 atom stereocenters. The molecule has 0 saturated carbocycles. The molecule has 8 heteroatoms. The Labute approximate surface area is 215 Å². The number of nitriles is 1. The number of ether oxygens (including phenoxy) is 2. The number of para-hydroxylation sites is 1. The van der Waals surface area contributed by atoms with Crippen LogP contribution in [0.4, 0.5) is 5.69 Å². The van der Waals surface area contributed by atoms with E-state index in [0.717, 1.165) is 29.9 Å². The molecule has 1 aliphatic heterocycles. The number of thioether (sulfide) groups is 1. The van der Waals surface area contributed by atoms with Gasteiger partial charge in [-0.2, -0.15) is 5.26 Å². The fraction of sp³-hybridized carbons (Fsp3) is 0.321. The van der Waals surface area contributed by atoms with Gasteiger partial charge in [0.05, 0.1) is 41.6 Å². The van der Waals surface area contributed by atoms with Crippen LogP contribution in [0.1, 0.15) is 44.6 Å². The summed E-state index contributed by atoms with van der Waals surface area (Å²) in [7, 11) is 0. The van der Waals surface area contributed by atoms with Crippen molar-refractivity contribution in [2.75, 3.05) is 24.3 Å². The summed E-state index contributed by atoms with van der Waals surface area (Å²) in [4.78, 5) is 25.7. The van der Waals surface area contributed by atoms with Crippen molar-refractivity contribution in [3.05, 3.63) is 76.0 Å². The number of dihydropyridines is 1. The molecule has 0 saturated heterocycles. The first-order chi connectivity index (χ1) is 17.5. The highest BCUT2D eigenvalue weighted by atomic mass is 32.2. The number of amides is 1. The number of rotatable bonds is 9. The lowest BCUT2D eigenvalue weighted by atomic mass is 9.76. The summed E-state index contributed by atoms with van der Waals surface area (Å²) in [6, 6.07) is 17.1. The number of nitrogens with zero attached hydrogens (tertiary/aromatic N) is 1. The number of allylic oxidation sites excluding steroid dienone is 3. The van der Waals surface area contributed by atoms with Crippen LogP contribution in [0.25, 0.3) is 0 Å². The predicted octanol–water partition coefficient (Wildman–Crippen LogP) is 5.28. The second kappa shape index (κ2) is 11.8. The Morgan fingerprint density at radius 1 is 1.11 bits per heavy atom. The molecular formula is C28H29N3O4S. The normalized spacial score (nSPS) is 17.1. The summed E-state index contributed by atoms with van der Waals surface area (Å²) in [5, 5.41) is 17.0. The summed E-state index contributed by atoms with van der Waals surface area (Å²) >= 11 is 1.27. The van der Waals surface area contributed by atoms with Crippen LogP contribution in [0.15, 0.2) is 70.4 Å². The molecule has 0 radical (unpaired) electrons. The molecule has 0 fully saturated rings. The second-order valence-corrected chi connectivity index (χ2v) is 9.33. The molecule has 0 aromatic heterocycles. The number of hydrogen-bond acceptors (Lipinski definition) is 7. The topological polar surface area (TPSA) is 100 Å². The van der Waals surface area contributed by atoms with Gasteiger partial charge in [-0.05, 0) is 57.0 Å². The average molecular weight is 504 g/mol. The Kier molecular flexibility index (Phi) is 8.34. The number of carbonyl (C=O) groups is 2. The molecule has 0 bridgehead atoms. The summed E-state index contributed by atoms with van der Waals surface area (Å²) in [5.74, 6) is 0.828. The van der Waals surface area contributed by atoms with E-state index in [-0.39, 0.29) is 17.4 Å². The van der Waals surface area contributed by atoms with Crippen LogP contribution < -0.4 is 20.1 Å². The minimum absolute atomic E-state index is 0.0464. The van der Waals surface area contributed by atoms with E-state index in [1.807, 2.05) is 38.1 Å². The summed E-state index contributed by atoms with van der Waals surface area (Å²) in [5.41, 5.74) is 3.35. The van der Waals surface area contributed by atoms with Crippen molar-refractivity contribution in [2.24, 2.45) is 0 Å². The Bertz CT molecular complexity index is 1240. The second-order valence-electron chi connectivity index (χ2n) is 8.35. The average Bonchev–Trinajstić information content (AvgIpc) is 2.88. The highest BCUT2D eigenvalue weighted by Crippen LogP contribution is 2.46. The zero-order valence-electron chi connectivity index (χ0n) is 20.4. The Hall–Kier alpha value is -3.70. The number of anilines is 1. The number of benzene rings is 2. The monoisotopic (exact) mass is 503 g/mol. The summed E-state index contributed by atoms with van der Waals surface area (Å²) < 4.78 is 11.3. The molecule has 0 unspecified atom stereocenters. The minimum Gasteiger partial charge on any atom is -0.494 e. The van der Waals surface area contributed by atoms with Gasteiger partial charge >= 0.3 is 0 Å². The van der Waals surface area contributed by atoms with Crippen molar-refractivity contribution in [1.82, 2.24) is 5.32 Å². The standard InChI is InChI=1S/C28H29N3O4S/c1-3-34-19-14-12-18(13-15-19)30-25(33)17-36-28-21(16-29)26(20-8-5-6-11-24(20)35-4-2)27-22(31-28)9-7-10-23(27)32/h5-6,8,11-15,26,31H,3-4,7,9-10,17H2,1-2H3,(H,30,33)/t26-/m1/s1. The van der Waals surface area contributed by atoms with Crippen molar-refractivity contribution in [2.45, 2.75) is 39.0 Å². The Morgan fingerprint density at radius 3 is 2.58 bits per heavy atom. The molecule has 7 nitrogen and oxygen atoms in total. The molecule has 2 aliphatic rings. The predicted molar refractivity (Wildman–Crippen MR) is 141 cm³/mol. The van der Waals surface area contributed by atoms with Gasteiger partial charge in [-0.15, -0.1) is 0 Å². The molecule has 1 amide bonds. The quantitative estimate of drug-likeness (QED) is 0.480. The third kappa shape index (κ3) is 5.58. The van der Waals surface area contributed by atoms with E-state index in [4.69, 9.17) is 9.47 Å². The molecule has 1 heterocycles. The number of hydrogen-bond donors (Lipinski definition) is 2. The van der Waals surface area contributed by atoms with Crippen LogP contribution in [0.3, 0.4) is 0 Å². The van der Waals surface area contributed by atoms with Crippen molar-refractivity contribution in [1.29, 1.82) is 5.26 Å². The molecule has 4 rings (SSSR count). The highest BCUT2D eigenvalue weighted by molar-refractivity contribution is 8.03. The van der Waals surface area contributed by atoms with Gasteiger partial charge in [-0.1, -0.05) is 30.0 Å². The number of ketones is 1. The number of Topliss-reactive ketones (excluding diaryl/α,β-unsaturated/α-hetero) is 1. The van der Waals surface area contributed by atoms with Gasteiger partial charge in [-0.3, -0.25) is 9.59 Å². The molecule has 0 spiro atoms. The maximum absolute atomic E-state index is 13.0. The van der Waals surface area contributed by atoms with Crippen LogP contribution >= 0.6 is 11.8 Å². The Balaban J connectivity index is 1.59. The van der Waals surface area contributed by atoms with Crippen LogP contribution in [0, 0.1) is 11.3 Å². The Morgan fingerprint density at radius 2 is 1.86 bits per heavy atom. The zero-order valence-corrected chi connectivity index (χ0v) is 21.2. The van der Waals surface area contributed by atoms with Gasteiger partial charge in [0.2, 0.25) is 5.91 Å². The molecule has 1 aliphatic carbocycles. The van der Waals surface area contributed by atoms with Gasteiger partial charge in [0, 0.05) is 28.9 Å². The van der Waals surface area contributed by atoms with E-state index in [1.54, 1.807) is 24.3 Å². The largest absolute Gasteiger partial charge is 0.494 e. The molecule has 2 aromatic carbocycles.